The van der Waals surface area contributed by atoms with E-state index in [4.69, 9.17) is 25.8 Å². The number of halogens is 1. The van der Waals surface area contributed by atoms with Crippen molar-refractivity contribution in [1.29, 1.82) is 0 Å². The predicted molar refractivity (Wildman–Crippen MR) is 111 cm³/mol. The van der Waals surface area contributed by atoms with Gasteiger partial charge in [0.15, 0.2) is 6.10 Å². The van der Waals surface area contributed by atoms with Crippen LogP contribution in [0.3, 0.4) is 0 Å². The lowest BCUT2D eigenvalue weighted by molar-refractivity contribution is -0.127. The molecule has 29 heavy (non-hydrogen) atoms. The first-order valence-electron chi connectivity index (χ1n) is 9.82. The second kappa shape index (κ2) is 9.03. The van der Waals surface area contributed by atoms with Crippen molar-refractivity contribution in [3.63, 3.8) is 0 Å². The monoisotopic (exact) mass is 416 g/mol. The molecule has 0 aliphatic carbocycles. The van der Waals surface area contributed by atoms with Gasteiger partial charge in [0.05, 0.1) is 26.4 Å². The summed E-state index contributed by atoms with van der Waals surface area (Å²) in [6.07, 6.45) is 0.0108. The highest BCUT2D eigenvalue weighted by molar-refractivity contribution is 6.30. The zero-order valence-electron chi connectivity index (χ0n) is 16.4. The van der Waals surface area contributed by atoms with Crippen LogP contribution in [0.1, 0.15) is 17.2 Å². The molecule has 4 rings (SSSR count). The number of nitrogens with one attached hydrogen (secondary N) is 1. The van der Waals surface area contributed by atoms with Gasteiger partial charge in [0.1, 0.15) is 11.5 Å². The van der Waals surface area contributed by atoms with Gasteiger partial charge in [0, 0.05) is 31.1 Å². The van der Waals surface area contributed by atoms with Gasteiger partial charge in [0.2, 0.25) is 0 Å². The summed E-state index contributed by atoms with van der Waals surface area (Å²) >= 11 is 6.05. The number of ether oxygens (including phenoxy) is 3. The van der Waals surface area contributed by atoms with Crippen LogP contribution in [0.2, 0.25) is 5.02 Å². The Hall–Kier alpha value is -2.28. The Morgan fingerprint density at radius 1 is 1.24 bits per heavy atom. The van der Waals surface area contributed by atoms with Gasteiger partial charge in [0.25, 0.3) is 5.91 Å². The number of fused-ring (bicyclic) bond motifs is 1. The van der Waals surface area contributed by atoms with Gasteiger partial charge in [-0.05, 0) is 41.5 Å². The molecule has 0 bridgehead atoms. The minimum absolute atomic E-state index is 0.0620. The Bertz CT molecular complexity index is 852. The van der Waals surface area contributed by atoms with Crippen molar-refractivity contribution in [2.75, 3.05) is 40.0 Å². The largest absolute Gasteiger partial charge is 0.497 e. The number of carbonyl (C=O) groups excluding carboxylic acids is 1. The molecule has 2 aromatic rings. The summed E-state index contributed by atoms with van der Waals surface area (Å²) < 4.78 is 16.6. The molecule has 1 amide bonds. The summed E-state index contributed by atoms with van der Waals surface area (Å²) in [4.78, 5) is 15.1. The van der Waals surface area contributed by atoms with E-state index in [-0.39, 0.29) is 11.9 Å². The Balaban J connectivity index is 1.42. The van der Waals surface area contributed by atoms with E-state index in [1.165, 1.54) is 0 Å². The van der Waals surface area contributed by atoms with E-state index < -0.39 is 6.10 Å². The Labute approximate surface area is 175 Å². The number of benzene rings is 2. The molecule has 2 aromatic carbocycles. The molecule has 0 unspecified atom stereocenters. The van der Waals surface area contributed by atoms with Crippen LogP contribution in [0, 0.1) is 0 Å². The number of nitrogens with zero attached hydrogens (tertiary/aromatic N) is 1. The van der Waals surface area contributed by atoms with Crippen molar-refractivity contribution in [3.8, 4) is 11.5 Å². The van der Waals surface area contributed by atoms with E-state index >= 15 is 0 Å². The number of hydrogen-bond donors (Lipinski definition) is 1. The highest BCUT2D eigenvalue weighted by Crippen LogP contribution is 2.31. The normalized spacial score (nSPS) is 19.9. The maximum atomic E-state index is 12.8. The Kier molecular flexibility index (Phi) is 6.23. The van der Waals surface area contributed by atoms with Gasteiger partial charge in [-0.1, -0.05) is 23.7 Å². The third kappa shape index (κ3) is 4.66. The van der Waals surface area contributed by atoms with E-state index in [1.54, 1.807) is 13.2 Å². The number of carbonyl (C=O) groups is 1. The molecule has 7 heteroatoms. The third-order valence-corrected chi connectivity index (χ3v) is 5.68. The van der Waals surface area contributed by atoms with E-state index in [2.05, 4.69) is 22.3 Å². The van der Waals surface area contributed by atoms with Crippen LogP contribution in [-0.2, 0) is 16.0 Å². The maximum Gasteiger partial charge on any atom is 0.261 e. The van der Waals surface area contributed by atoms with E-state index in [0.29, 0.717) is 31.2 Å². The molecule has 1 N–H and O–H groups in total. The number of methoxy groups -OCH3 is 1. The summed E-state index contributed by atoms with van der Waals surface area (Å²) in [6.45, 7) is 3.56. The topological polar surface area (TPSA) is 60.0 Å². The quantitative estimate of drug-likeness (QED) is 0.784. The van der Waals surface area contributed by atoms with Crippen molar-refractivity contribution >= 4 is 17.5 Å². The smallest absolute Gasteiger partial charge is 0.261 e. The molecule has 2 heterocycles. The molecule has 2 atom stereocenters. The fourth-order valence-corrected chi connectivity index (χ4v) is 4.04. The van der Waals surface area contributed by atoms with Gasteiger partial charge >= 0.3 is 0 Å². The number of rotatable bonds is 6. The molecular weight excluding hydrogens is 392 g/mol. The zero-order valence-corrected chi connectivity index (χ0v) is 17.2. The number of morpholine rings is 1. The molecule has 1 fully saturated rings. The third-order valence-electron chi connectivity index (χ3n) is 5.45. The Morgan fingerprint density at radius 2 is 2.00 bits per heavy atom. The number of hydrogen-bond acceptors (Lipinski definition) is 5. The second-order valence-electron chi connectivity index (χ2n) is 7.25. The molecular formula is C22H25ClN2O4. The summed E-state index contributed by atoms with van der Waals surface area (Å²) in [5.41, 5.74) is 2.10. The van der Waals surface area contributed by atoms with Crippen LogP contribution in [0.5, 0.6) is 11.5 Å². The molecule has 0 aromatic heterocycles. The first-order valence-corrected chi connectivity index (χ1v) is 10.2. The molecule has 0 spiro atoms. The highest BCUT2D eigenvalue weighted by atomic mass is 35.5. The van der Waals surface area contributed by atoms with Crippen molar-refractivity contribution in [1.82, 2.24) is 10.2 Å². The molecule has 154 valence electrons. The second-order valence-corrected chi connectivity index (χ2v) is 7.68. The first kappa shape index (κ1) is 20.0. The van der Waals surface area contributed by atoms with Gasteiger partial charge < -0.3 is 19.5 Å². The fraction of sp³-hybridized carbons (Fsp3) is 0.409. The van der Waals surface area contributed by atoms with Crippen LogP contribution in [-0.4, -0.2) is 56.9 Å². The summed E-state index contributed by atoms with van der Waals surface area (Å²) in [5, 5.41) is 3.74. The van der Waals surface area contributed by atoms with E-state index in [9.17, 15) is 4.79 Å². The summed E-state index contributed by atoms with van der Waals surface area (Å²) in [6, 6.07) is 13.5. The van der Waals surface area contributed by atoms with E-state index in [0.717, 1.165) is 35.7 Å². The van der Waals surface area contributed by atoms with E-state index in [1.807, 2.05) is 24.3 Å². The minimum atomic E-state index is -0.523. The average Bonchev–Trinajstić information content (AvgIpc) is 3.18. The van der Waals surface area contributed by atoms with Crippen molar-refractivity contribution in [2.24, 2.45) is 0 Å². The van der Waals surface area contributed by atoms with Gasteiger partial charge in [-0.2, -0.15) is 0 Å². The predicted octanol–water partition coefficient (Wildman–Crippen LogP) is 2.84. The molecule has 6 nitrogen and oxygen atoms in total. The lowest BCUT2D eigenvalue weighted by Crippen LogP contribution is -2.46. The van der Waals surface area contributed by atoms with Gasteiger partial charge in [-0.3, -0.25) is 9.69 Å². The molecule has 1 saturated heterocycles. The summed E-state index contributed by atoms with van der Waals surface area (Å²) in [7, 11) is 1.65. The summed E-state index contributed by atoms with van der Waals surface area (Å²) in [5.74, 6) is 1.44. The van der Waals surface area contributed by atoms with Crippen molar-refractivity contribution in [2.45, 2.75) is 18.6 Å². The van der Waals surface area contributed by atoms with Crippen LogP contribution >= 0.6 is 11.6 Å². The SMILES string of the molecule is COc1ccc([C@H](CNC(=O)[C@@H]2Cc3cc(Cl)ccc3O2)N2CCOCC2)cc1. The molecule has 2 aliphatic heterocycles. The molecule has 0 saturated carbocycles. The van der Waals surface area contributed by atoms with Gasteiger partial charge in [-0.25, -0.2) is 0 Å². The fourth-order valence-electron chi connectivity index (χ4n) is 3.85. The minimum Gasteiger partial charge on any atom is -0.497 e. The van der Waals surface area contributed by atoms with Crippen LogP contribution in [0.4, 0.5) is 0 Å². The van der Waals surface area contributed by atoms with Crippen LogP contribution in [0.25, 0.3) is 0 Å². The van der Waals surface area contributed by atoms with Crippen LogP contribution < -0.4 is 14.8 Å². The maximum absolute atomic E-state index is 12.8. The van der Waals surface area contributed by atoms with Crippen LogP contribution in [0.15, 0.2) is 42.5 Å². The standard InChI is InChI=1S/C22H25ClN2O4/c1-27-18-5-2-15(3-6-18)19(25-8-10-28-11-9-25)14-24-22(26)21-13-16-12-17(23)4-7-20(16)29-21/h2-7,12,19,21H,8-11,13-14H2,1H3,(H,24,26)/t19-,21-/m0/s1. The molecule has 2 aliphatic rings. The molecule has 0 radical (unpaired) electrons. The van der Waals surface area contributed by atoms with Crippen molar-refractivity contribution < 1.29 is 19.0 Å². The van der Waals surface area contributed by atoms with Gasteiger partial charge in [-0.15, -0.1) is 0 Å². The number of amides is 1. The zero-order chi connectivity index (χ0) is 20.2. The average molecular weight is 417 g/mol. The Morgan fingerprint density at radius 3 is 2.72 bits per heavy atom. The highest BCUT2D eigenvalue weighted by Gasteiger charge is 2.30. The lowest BCUT2D eigenvalue weighted by atomic mass is 10.0. The first-order chi connectivity index (χ1) is 14.1. The lowest BCUT2D eigenvalue weighted by Gasteiger charge is -2.35. The van der Waals surface area contributed by atoms with Crippen molar-refractivity contribution in [3.05, 3.63) is 58.6 Å².